The number of Topliss-reactive ketones (excluding diaryl/α,β-unsaturated/α-hetero) is 1. The zero-order chi connectivity index (χ0) is 24.5. The van der Waals surface area contributed by atoms with Crippen molar-refractivity contribution in [2.75, 3.05) is 43.6 Å². The number of ketones is 1. The maximum absolute atomic E-state index is 12.8. The van der Waals surface area contributed by atoms with E-state index < -0.39 is 28.4 Å². The molecule has 1 saturated heterocycles. The topological polar surface area (TPSA) is 111 Å². The minimum Gasteiger partial charge on any atom is -0.454 e. The second-order valence-corrected chi connectivity index (χ2v) is 9.99. The molecule has 0 bridgehead atoms. The van der Waals surface area contributed by atoms with Gasteiger partial charge in [0.05, 0.1) is 21.8 Å². The van der Waals surface area contributed by atoms with Crippen molar-refractivity contribution in [2.45, 2.75) is 17.7 Å². The number of ether oxygens (including phenoxy) is 1. The summed E-state index contributed by atoms with van der Waals surface area (Å²) in [5.74, 6) is -1.10. The maximum atomic E-state index is 12.8. The number of hydrogen-bond donors (Lipinski definition) is 0. The highest BCUT2D eigenvalue weighted by atomic mass is 32.2. The highest BCUT2D eigenvalue weighted by molar-refractivity contribution is 7.89. The third-order valence-corrected chi connectivity index (χ3v) is 7.86. The van der Waals surface area contributed by atoms with Crippen LogP contribution in [0, 0.1) is 11.3 Å². The largest absolute Gasteiger partial charge is 0.454 e. The average Bonchev–Trinajstić information content (AvgIpc) is 3.48. The number of anilines is 2. The van der Waals surface area contributed by atoms with Crippen molar-refractivity contribution in [3.05, 3.63) is 65.5 Å². The molecule has 2 aliphatic heterocycles. The molecule has 2 aromatic carbocycles. The Morgan fingerprint density at radius 2 is 1.62 bits per heavy atom. The second kappa shape index (κ2) is 9.29. The van der Waals surface area contributed by atoms with Gasteiger partial charge in [-0.05, 0) is 43.2 Å². The number of esters is 1. The van der Waals surface area contributed by atoms with Crippen molar-refractivity contribution in [2.24, 2.45) is 0 Å². The number of fused-ring (bicyclic) bond motifs is 1. The van der Waals surface area contributed by atoms with Crippen LogP contribution in [-0.2, 0) is 19.6 Å². The molecule has 9 nitrogen and oxygen atoms in total. The summed E-state index contributed by atoms with van der Waals surface area (Å²) in [6.45, 7) is 0.250. The maximum Gasteiger partial charge on any atom is 0.338 e. The molecule has 2 aromatic rings. The summed E-state index contributed by atoms with van der Waals surface area (Å²) in [7, 11) is -0.195. The Kier molecular flexibility index (Phi) is 6.41. The first-order chi connectivity index (χ1) is 16.3. The number of hydrogen-bond acceptors (Lipinski definition) is 8. The van der Waals surface area contributed by atoms with Crippen LogP contribution in [0.1, 0.15) is 23.2 Å². The molecular weight excluding hydrogens is 456 g/mol. The number of sulfonamides is 1. The third kappa shape index (κ3) is 4.16. The number of carbonyl (C=O) groups is 2. The molecule has 2 heterocycles. The van der Waals surface area contributed by atoms with E-state index in [0.717, 1.165) is 24.2 Å². The lowest BCUT2D eigenvalue weighted by atomic mass is 10.2. The molecular formula is C24H24N4O5S. The van der Waals surface area contributed by atoms with Gasteiger partial charge in [0.2, 0.25) is 15.8 Å². The van der Waals surface area contributed by atoms with Crippen LogP contribution in [0.4, 0.5) is 11.4 Å². The Bertz CT molecular complexity index is 1290. The van der Waals surface area contributed by atoms with E-state index in [-0.39, 0.29) is 16.0 Å². The summed E-state index contributed by atoms with van der Waals surface area (Å²) in [5.41, 5.74) is 1.56. The van der Waals surface area contributed by atoms with Crippen LogP contribution in [0.25, 0.3) is 0 Å². The van der Waals surface area contributed by atoms with Gasteiger partial charge in [-0.15, -0.1) is 0 Å². The van der Waals surface area contributed by atoms with Gasteiger partial charge in [0.15, 0.2) is 6.61 Å². The zero-order valence-corrected chi connectivity index (χ0v) is 19.7. The predicted octanol–water partition coefficient (Wildman–Crippen LogP) is 2.52. The van der Waals surface area contributed by atoms with Crippen molar-refractivity contribution < 1.29 is 22.7 Å². The molecule has 0 atom stereocenters. The van der Waals surface area contributed by atoms with Crippen LogP contribution in [0.2, 0.25) is 0 Å². The Morgan fingerprint density at radius 3 is 2.21 bits per heavy atom. The first-order valence-corrected chi connectivity index (χ1v) is 12.2. The van der Waals surface area contributed by atoms with Gasteiger partial charge in [0.25, 0.3) is 0 Å². The van der Waals surface area contributed by atoms with E-state index in [0.29, 0.717) is 18.9 Å². The summed E-state index contributed by atoms with van der Waals surface area (Å²) in [6.07, 6.45) is 1.60. The fraction of sp³-hybridized carbons (Fsp3) is 0.292. The van der Waals surface area contributed by atoms with Crippen LogP contribution in [-0.4, -0.2) is 58.3 Å². The lowest BCUT2D eigenvalue weighted by Crippen LogP contribution is -2.28. The minimum atomic E-state index is -3.70. The quantitative estimate of drug-likeness (QED) is 0.352. The molecule has 176 valence electrons. The first-order valence-electron chi connectivity index (χ1n) is 10.8. The normalized spacial score (nSPS) is 15.7. The fourth-order valence-corrected chi connectivity index (χ4v) is 5.77. The molecule has 0 aromatic heterocycles. The summed E-state index contributed by atoms with van der Waals surface area (Å²) in [5, 5.41) is 9.69. The Labute approximate surface area is 198 Å². The molecule has 0 aliphatic carbocycles. The first kappa shape index (κ1) is 23.5. The average molecular weight is 481 g/mol. The van der Waals surface area contributed by atoms with Gasteiger partial charge in [-0.25, -0.2) is 13.2 Å². The monoisotopic (exact) mass is 480 g/mol. The smallest absolute Gasteiger partial charge is 0.338 e. The van der Waals surface area contributed by atoms with Crippen LogP contribution in [0.15, 0.2) is 64.8 Å². The van der Waals surface area contributed by atoms with Gasteiger partial charge in [-0.1, -0.05) is 18.2 Å². The molecule has 1 fully saturated rings. The molecule has 0 N–H and O–H groups in total. The van der Waals surface area contributed by atoms with E-state index >= 15 is 0 Å². The summed E-state index contributed by atoms with van der Waals surface area (Å²) < 4.78 is 32.1. The van der Waals surface area contributed by atoms with Crippen molar-refractivity contribution in [1.29, 1.82) is 5.26 Å². The third-order valence-electron chi connectivity index (χ3n) is 5.96. The van der Waals surface area contributed by atoms with E-state index in [1.165, 1.54) is 28.6 Å². The fourth-order valence-electron chi connectivity index (χ4n) is 4.20. The molecule has 0 saturated carbocycles. The number of benzene rings is 2. The number of rotatable bonds is 6. The molecule has 0 unspecified atom stereocenters. The lowest BCUT2D eigenvalue weighted by molar-refractivity contribution is -0.118. The highest BCUT2D eigenvalue weighted by Gasteiger charge is 2.32. The molecule has 34 heavy (non-hydrogen) atoms. The highest BCUT2D eigenvalue weighted by Crippen LogP contribution is 2.40. The summed E-state index contributed by atoms with van der Waals surface area (Å²) in [4.78, 5) is 28.9. The van der Waals surface area contributed by atoms with Crippen LogP contribution >= 0.6 is 0 Å². The standard InChI is InChI=1S/C24H24N4O5S/c1-26-20-10-3-4-11-21(20)27(2)23(26)19(15-25)22(29)16-33-24(30)17-8-7-9-18(14-17)34(31,32)28-12-5-6-13-28/h3-4,7-11,14H,5-6,12-13,16H2,1-2H3. The van der Waals surface area contributed by atoms with Gasteiger partial charge in [0.1, 0.15) is 17.5 Å². The van der Waals surface area contributed by atoms with E-state index in [1.54, 1.807) is 23.9 Å². The summed E-state index contributed by atoms with van der Waals surface area (Å²) in [6, 6.07) is 15.0. The number of carbonyl (C=O) groups excluding carboxylic acids is 2. The Hall–Kier alpha value is -3.68. The van der Waals surface area contributed by atoms with Gasteiger partial charge in [-0.3, -0.25) is 4.79 Å². The van der Waals surface area contributed by atoms with Crippen molar-refractivity contribution in [3.8, 4) is 6.07 Å². The number of nitriles is 1. The van der Waals surface area contributed by atoms with Crippen molar-refractivity contribution in [3.63, 3.8) is 0 Å². The van der Waals surface area contributed by atoms with Crippen molar-refractivity contribution >= 4 is 33.2 Å². The number of para-hydroxylation sites is 2. The number of nitrogens with zero attached hydrogens (tertiary/aromatic N) is 4. The van der Waals surface area contributed by atoms with Gasteiger partial charge in [0, 0.05) is 27.2 Å². The molecule has 0 radical (unpaired) electrons. The molecule has 2 aliphatic rings. The minimum absolute atomic E-state index is 0.00183. The van der Waals surface area contributed by atoms with Gasteiger partial charge < -0.3 is 14.5 Å². The SMILES string of the molecule is CN1C(=C(C#N)C(=O)COC(=O)c2cccc(S(=O)(=O)N3CCCC3)c2)N(C)c2ccccc21. The molecule has 4 rings (SSSR count). The predicted molar refractivity (Wildman–Crippen MR) is 126 cm³/mol. The van der Waals surface area contributed by atoms with Crippen LogP contribution in [0.3, 0.4) is 0 Å². The Balaban J connectivity index is 1.50. The van der Waals surface area contributed by atoms with E-state index in [2.05, 4.69) is 0 Å². The van der Waals surface area contributed by atoms with Crippen LogP contribution in [0.5, 0.6) is 0 Å². The Morgan fingerprint density at radius 1 is 1.00 bits per heavy atom. The van der Waals surface area contributed by atoms with E-state index in [1.807, 2.05) is 30.3 Å². The molecule has 10 heteroatoms. The van der Waals surface area contributed by atoms with Gasteiger partial charge in [-0.2, -0.15) is 9.57 Å². The lowest BCUT2D eigenvalue weighted by Gasteiger charge is -2.19. The van der Waals surface area contributed by atoms with E-state index in [9.17, 15) is 23.3 Å². The van der Waals surface area contributed by atoms with E-state index in [4.69, 9.17) is 4.74 Å². The second-order valence-electron chi connectivity index (χ2n) is 8.06. The zero-order valence-electron chi connectivity index (χ0n) is 18.9. The molecule has 0 amide bonds. The summed E-state index contributed by atoms with van der Waals surface area (Å²) >= 11 is 0. The van der Waals surface area contributed by atoms with Crippen molar-refractivity contribution in [1.82, 2.24) is 4.31 Å². The molecule has 0 spiro atoms. The van der Waals surface area contributed by atoms with Crippen LogP contribution < -0.4 is 9.80 Å². The van der Waals surface area contributed by atoms with Gasteiger partial charge >= 0.3 is 5.97 Å².